The van der Waals surface area contributed by atoms with Crippen LogP contribution in [0.15, 0.2) is 24.3 Å². The first-order chi connectivity index (χ1) is 9.71. The van der Waals surface area contributed by atoms with Crippen LogP contribution in [-0.4, -0.2) is 24.8 Å². The second-order valence-electron chi connectivity index (χ2n) is 5.64. The van der Waals surface area contributed by atoms with Crippen LogP contribution in [0.5, 0.6) is 0 Å². The Bertz CT molecular complexity index is 491. The molecule has 6 nitrogen and oxygen atoms in total. The molecule has 0 radical (unpaired) electrons. The highest BCUT2D eigenvalue weighted by atomic mass is 16.6. The molecule has 21 heavy (non-hydrogen) atoms. The highest BCUT2D eigenvalue weighted by Crippen LogP contribution is 2.18. The number of methoxy groups -OCH3 is 1. The van der Waals surface area contributed by atoms with Gasteiger partial charge in [-0.25, -0.2) is 4.79 Å². The fourth-order valence-corrected chi connectivity index (χ4v) is 1.62. The Kier molecular flexibility index (Phi) is 5.72. The molecule has 0 aliphatic heterocycles. The molecule has 3 N–H and O–H groups in total. The smallest absolute Gasteiger partial charge is 0.412 e. The lowest BCUT2D eigenvalue weighted by atomic mass is 10.0. The summed E-state index contributed by atoms with van der Waals surface area (Å²) in [6.07, 6.45) is -0.413. The summed E-state index contributed by atoms with van der Waals surface area (Å²) in [7, 11) is 1.32. The van der Waals surface area contributed by atoms with Crippen LogP contribution >= 0.6 is 0 Å². The number of anilines is 1. The topological polar surface area (TPSA) is 90.6 Å². The molecule has 0 spiro atoms. The Balaban J connectivity index is 2.62. The summed E-state index contributed by atoms with van der Waals surface area (Å²) in [5.41, 5.74) is 6.73. The molecule has 1 amide bonds. The van der Waals surface area contributed by atoms with E-state index in [1.807, 2.05) is 0 Å². The zero-order valence-corrected chi connectivity index (χ0v) is 12.8. The Labute approximate surface area is 124 Å². The fourth-order valence-electron chi connectivity index (χ4n) is 1.62. The van der Waals surface area contributed by atoms with Gasteiger partial charge in [-0.3, -0.25) is 10.1 Å². The van der Waals surface area contributed by atoms with E-state index in [1.54, 1.807) is 45.0 Å². The molecule has 1 aromatic carbocycles. The zero-order valence-electron chi connectivity index (χ0n) is 12.8. The van der Waals surface area contributed by atoms with Crippen LogP contribution in [0, 0.1) is 0 Å². The van der Waals surface area contributed by atoms with E-state index >= 15 is 0 Å². The van der Waals surface area contributed by atoms with Crippen molar-refractivity contribution in [1.82, 2.24) is 0 Å². The molecule has 1 unspecified atom stereocenters. The summed E-state index contributed by atoms with van der Waals surface area (Å²) in [5, 5.41) is 2.62. The van der Waals surface area contributed by atoms with Crippen LogP contribution in [0.4, 0.5) is 10.5 Å². The predicted octanol–water partition coefficient (Wildman–Crippen LogP) is 2.60. The van der Waals surface area contributed by atoms with E-state index in [2.05, 4.69) is 10.1 Å². The van der Waals surface area contributed by atoms with Gasteiger partial charge in [-0.15, -0.1) is 0 Å². The molecule has 0 fully saturated rings. The van der Waals surface area contributed by atoms with E-state index in [9.17, 15) is 9.59 Å². The number of ether oxygens (including phenoxy) is 2. The van der Waals surface area contributed by atoms with Gasteiger partial charge in [0.15, 0.2) is 0 Å². The van der Waals surface area contributed by atoms with E-state index in [-0.39, 0.29) is 12.4 Å². The Morgan fingerprint density at radius 3 is 2.29 bits per heavy atom. The summed E-state index contributed by atoms with van der Waals surface area (Å²) < 4.78 is 9.72. The number of hydrogen-bond donors (Lipinski definition) is 2. The number of hydrogen-bond acceptors (Lipinski definition) is 5. The summed E-state index contributed by atoms with van der Waals surface area (Å²) in [6.45, 7) is 5.38. The molecular formula is C15H22N2O4. The van der Waals surface area contributed by atoms with Crippen LogP contribution in [0.1, 0.15) is 38.8 Å². The highest BCUT2D eigenvalue weighted by Gasteiger charge is 2.16. The average molecular weight is 294 g/mol. The van der Waals surface area contributed by atoms with E-state index < -0.39 is 17.7 Å². The van der Waals surface area contributed by atoms with Gasteiger partial charge in [0, 0.05) is 11.7 Å². The molecule has 0 aliphatic carbocycles. The number of carbonyl (C=O) groups is 2. The minimum Gasteiger partial charge on any atom is -0.469 e. The maximum Gasteiger partial charge on any atom is 0.412 e. The quantitative estimate of drug-likeness (QED) is 0.833. The number of carbonyl (C=O) groups excluding carboxylic acids is 2. The number of rotatable bonds is 4. The third kappa shape index (κ3) is 6.27. The van der Waals surface area contributed by atoms with Crippen molar-refractivity contribution in [2.75, 3.05) is 12.4 Å². The molecule has 0 bridgehead atoms. The lowest BCUT2D eigenvalue weighted by Gasteiger charge is -2.19. The van der Waals surface area contributed by atoms with Gasteiger partial charge in [0.2, 0.25) is 0 Å². The van der Waals surface area contributed by atoms with Crippen LogP contribution in [0.3, 0.4) is 0 Å². The van der Waals surface area contributed by atoms with Gasteiger partial charge in [-0.1, -0.05) is 12.1 Å². The number of nitrogens with one attached hydrogen (secondary N) is 1. The molecule has 0 saturated heterocycles. The Morgan fingerprint density at radius 1 is 1.24 bits per heavy atom. The standard InChI is InChI=1S/C15H22N2O4/c1-15(2,3)21-14(19)17-11-7-5-10(6-8-11)12(16)9-13(18)20-4/h5-8,12H,9,16H2,1-4H3,(H,17,19). The molecule has 1 atom stereocenters. The molecule has 1 aromatic rings. The normalized spacial score (nSPS) is 12.4. The SMILES string of the molecule is COC(=O)CC(N)c1ccc(NC(=O)OC(C)(C)C)cc1. The molecule has 116 valence electrons. The fraction of sp³-hybridized carbons (Fsp3) is 0.467. The van der Waals surface area contributed by atoms with Crippen molar-refractivity contribution in [3.8, 4) is 0 Å². The van der Waals surface area contributed by atoms with Gasteiger partial charge in [0.25, 0.3) is 0 Å². The van der Waals surface area contributed by atoms with Gasteiger partial charge >= 0.3 is 12.1 Å². The number of esters is 1. The summed E-state index contributed by atoms with van der Waals surface area (Å²) in [6, 6.07) is 6.47. The average Bonchev–Trinajstić information content (AvgIpc) is 2.36. The van der Waals surface area contributed by atoms with E-state index in [4.69, 9.17) is 10.5 Å². The van der Waals surface area contributed by atoms with E-state index in [0.29, 0.717) is 5.69 Å². The van der Waals surface area contributed by atoms with Crippen molar-refractivity contribution < 1.29 is 19.1 Å². The maximum atomic E-state index is 11.6. The third-order valence-corrected chi connectivity index (χ3v) is 2.60. The van der Waals surface area contributed by atoms with Gasteiger partial charge in [-0.05, 0) is 38.5 Å². The second-order valence-corrected chi connectivity index (χ2v) is 5.64. The predicted molar refractivity (Wildman–Crippen MR) is 79.9 cm³/mol. The minimum absolute atomic E-state index is 0.106. The first-order valence-electron chi connectivity index (χ1n) is 6.63. The van der Waals surface area contributed by atoms with Gasteiger partial charge in [-0.2, -0.15) is 0 Å². The van der Waals surface area contributed by atoms with Crippen molar-refractivity contribution in [2.45, 2.75) is 38.8 Å². The molecule has 0 heterocycles. The molecule has 6 heteroatoms. The van der Waals surface area contributed by atoms with Crippen molar-refractivity contribution in [1.29, 1.82) is 0 Å². The molecule has 0 aliphatic rings. The molecule has 1 rings (SSSR count). The first-order valence-corrected chi connectivity index (χ1v) is 6.63. The largest absolute Gasteiger partial charge is 0.469 e. The second kappa shape index (κ2) is 7.08. The summed E-state index contributed by atoms with van der Waals surface area (Å²) in [5.74, 6) is -0.363. The number of benzene rings is 1. The Morgan fingerprint density at radius 2 is 1.81 bits per heavy atom. The summed E-state index contributed by atoms with van der Waals surface area (Å²) in [4.78, 5) is 22.8. The molecule has 0 saturated carbocycles. The molecular weight excluding hydrogens is 272 g/mol. The van der Waals surface area contributed by atoms with Crippen molar-refractivity contribution >= 4 is 17.7 Å². The van der Waals surface area contributed by atoms with Gasteiger partial charge in [0.1, 0.15) is 5.60 Å². The van der Waals surface area contributed by atoms with Crippen LogP contribution < -0.4 is 11.1 Å². The minimum atomic E-state index is -0.549. The lowest BCUT2D eigenvalue weighted by molar-refractivity contribution is -0.141. The first kappa shape index (κ1) is 17.0. The van der Waals surface area contributed by atoms with E-state index in [0.717, 1.165) is 5.56 Å². The number of amides is 1. The van der Waals surface area contributed by atoms with Crippen molar-refractivity contribution in [3.05, 3.63) is 29.8 Å². The van der Waals surface area contributed by atoms with Crippen LogP contribution in [-0.2, 0) is 14.3 Å². The van der Waals surface area contributed by atoms with Crippen LogP contribution in [0.2, 0.25) is 0 Å². The van der Waals surface area contributed by atoms with E-state index in [1.165, 1.54) is 7.11 Å². The maximum absolute atomic E-state index is 11.6. The zero-order chi connectivity index (χ0) is 16.0. The summed E-state index contributed by atoms with van der Waals surface area (Å²) >= 11 is 0. The molecule has 0 aromatic heterocycles. The van der Waals surface area contributed by atoms with Crippen molar-refractivity contribution in [2.24, 2.45) is 5.73 Å². The van der Waals surface area contributed by atoms with Gasteiger partial charge < -0.3 is 15.2 Å². The third-order valence-electron chi connectivity index (χ3n) is 2.60. The lowest BCUT2D eigenvalue weighted by Crippen LogP contribution is -2.27. The Hall–Kier alpha value is -2.08. The van der Waals surface area contributed by atoms with Gasteiger partial charge in [0.05, 0.1) is 13.5 Å². The van der Waals surface area contributed by atoms with Crippen molar-refractivity contribution in [3.63, 3.8) is 0 Å². The highest BCUT2D eigenvalue weighted by molar-refractivity contribution is 5.84. The van der Waals surface area contributed by atoms with Crippen LogP contribution in [0.25, 0.3) is 0 Å². The monoisotopic (exact) mass is 294 g/mol. The number of nitrogens with two attached hydrogens (primary N) is 1.